The summed E-state index contributed by atoms with van der Waals surface area (Å²) in [5, 5.41) is 6.90. The van der Waals surface area contributed by atoms with Crippen molar-refractivity contribution >= 4 is 18.1 Å². The van der Waals surface area contributed by atoms with E-state index in [1.54, 1.807) is 15.9 Å². The third kappa shape index (κ3) is 4.75. The number of nitrogens with zero attached hydrogens (tertiary/aromatic N) is 4. The molecule has 2 aromatic rings. The van der Waals surface area contributed by atoms with Gasteiger partial charge in [-0.2, -0.15) is 5.10 Å². The third-order valence-electron chi connectivity index (χ3n) is 5.28. The lowest BCUT2D eigenvalue weighted by atomic mass is 9.88. The molecule has 1 aromatic carbocycles. The molecule has 0 bridgehead atoms. The van der Waals surface area contributed by atoms with Crippen LogP contribution in [0.5, 0.6) is 0 Å². The van der Waals surface area contributed by atoms with Crippen LogP contribution in [0.1, 0.15) is 45.6 Å². The van der Waals surface area contributed by atoms with E-state index >= 15 is 0 Å². The second-order valence-corrected chi connectivity index (χ2v) is 8.16. The van der Waals surface area contributed by atoms with Crippen LogP contribution < -0.4 is 5.32 Å². The van der Waals surface area contributed by atoms with Gasteiger partial charge in [0.25, 0.3) is 0 Å². The molecule has 1 N–H and O–H groups in total. The maximum atomic E-state index is 13.3. The van der Waals surface area contributed by atoms with Gasteiger partial charge in [0, 0.05) is 19.9 Å². The van der Waals surface area contributed by atoms with E-state index in [1.807, 2.05) is 44.5 Å². The van der Waals surface area contributed by atoms with Crippen LogP contribution in [-0.4, -0.2) is 55.9 Å². The van der Waals surface area contributed by atoms with Gasteiger partial charge in [0.2, 0.25) is 11.8 Å². The highest BCUT2D eigenvalue weighted by molar-refractivity contribution is 5.90. The van der Waals surface area contributed by atoms with E-state index < -0.39 is 11.6 Å². The predicted molar refractivity (Wildman–Crippen MR) is 112 cm³/mol. The molecule has 0 spiro atoms. The number of rotatable bonds is 8. The highest BCUT2D eigenvalue weighted by Crippen LogP contribution is 2.34. The molecule has 1 radical (unpaired) electrons. The van der Waals surface area contributed by atoms with Crippen molar-refractivity contribution in [3.8, 4) is 5.69 Å². The summed E-state index contributed by atoms with van der Waals surface area (Å²) in [6.45, 7) is 5.88. The summed E-state index contributed by atoms with van der Waals surface area (Å²) in [6.07, 6.45) is 7.53. The Balaban J connectivity index is 1.86. The molecule has 0 saturated carbocycles. The summed E-state index contributed by atoms with van der Waals surface area (Å²) in [7, 11) is 0. The first-order valence-electron chi connectivity index (χ1n) is 10.2. The molecule has 2 heterocycles. The minimum Gasteiger partial charge on any atom is -0.345 e. The maximum Gasteiger partial charge on any atom is 0.245 e. The number of hydrogen-bond donors (Lipinski definition) is 1. The molecule has 8 nitrogen and oxygen atoms in total. The zero-order valence-corrected chi connectivity index (χ0v) is 17.6. The number of likely N-dealkylation sites (tertiary alicyclic amines) is 1. The van der Waals surface area contributed by atoms with Gasteiger partial charge in [0.1, 0.15) is 30.5 Å². The van der Waals surface area contributed by atoms with Crippen molar-refractivity contribution in [3.63, 3.8) is 0 Å². The van der Waals surface area contributed by atoms with Crippen molar-refractivity contribution in [2.75, 3.05) is 6.54 Å². The number of aldehydes is 1. The van der Waals surface area contributed by atoms with Crippen molar-refractivity contribution in [3.05, 3.63) is 48.9 Å². The SMILES string of the molecule is CC(=O)N[C@H](CC(C)C)C(=O)N1CCC[C@]1([CH]c1cccc(-n2cncn2)c1)C=O. The van der Waals surface area contributed by atoms with Gasteiger partial charge in [0.15, 0.2) is 0 Å². The Morgan fingerprint density at radius 1 is 1.33 bits per heavy atom. The highest BCUT2D eigenvalue weighted by Gasteiger charge is 2.45. The van der Waals surface area contributed by atoms with E-state index in [1.165, 1.54) is 13.3 Å². The van der Waals surface area contributed by atoms with E-state index in [2.05, 4.69) is 15.4 Å². The molecule has 1 aromatic heterocycles. The maximum absolute atomic E-state index is 13.3. The van der Waals surface area contributed by atoms with Crippen molar-refractivity contribution in [2.45, 2.75) is 51.6 Å². The first-order valence-corrected chi connectivity index (χ1v) is 10.2. The lowest BCUT2D eigenvalue weighted by molar-refractivity contribution is -0.141. The normalized spacial score (nSPS) is 19.7. The minimum atomic E-state index is -1.04. The van der Waals surface area contributed by atoms with Crippen LogP contribution in [-0.2, 0) is 14.4 Å². The van der Waals surface area contributed by atoms with Crippen LogP contribution in [0.4, 0.5) is 0 Å². The average molecular weight is 410 g/mol. The Morgan fingerprint density at radius 3 is 2.77 bits per heavy atom. The number of carbonyl (C=O) groups excluding carboxylic acids is 3. The molecule has 1 saturated heterocycles. The Labute approximate surface area is 176 Å². The zero-order valence-electron chi connectivity index (χ0n) is 17.6. The zero-order chi connectivity index (χ0) is 21.7. The summed E-state index contributed by atoms with van der Waals surface area (Å²) < 4.78 is 1.64. The van der Waals surface area contributed by atoms with Gasteiger partial charge in [-0.1, -0.05) is 26.0 Å². The first kappa shape index (κ1) is 21.7. The van der Waals surface area contributed by atoms with Gasteiger partial charge in [0.05, 0.1) is 5.69 Å². The largest absolute Gasteiger partial charge is 0.345 e. The van der Waals surface area contributed by atoms with E-state index in [0.29, 0.717) is 19.4 Å². The fourth-order valence-corrected chi connectivity index (χ4v) is 4.00. The second-order valence-electron chi connectivity index (χ2n) is 8.16. The molecule has 3 rings (SSSR count). The highest BCUT2D eigenvalue weighted by atomic mass is 16.2. The monoisotopic (exact) mass is 410 g/mol. The molecular formula is C22H28N5O3. The van der Waals surface area contributed by atoms with E-state index in [4.69, 9.17) is 0 Å². The second kappa shape index (κ2) is 9.19. The first-order chi connectivity index (χ1) is 14.3. The van der Waals surface area contributed by atoms with E-state index in [-0.39, 0.29) is 17.7 Å². The molecule has 30 heavy (non-hydrogen) atoms. The number of nitrogens with one attached hydrogen (secondary N) is 1. The standard InChI is InChI=1S/C22H28N5O3/c1-16(2)10-20(25-17(3)29)21(30)26-9-5-8-22(26,13-28)12-18-6-4-7-19(11-18)27-15-23-14-24-27/h4,6-7,11-16,20H,5,8-10H2,1-3H3,(H,25,29)/t20-,22+/m1/s1. The number of benzene rings is 1. The van der Waals surface area contributed by atoms with E-state index in [0.717, 1.165) is 24.0 Å². The van der Waals surface area contributed by atoms with Gasteiger partial charge < -0.3 is 15.0 Å². The molecule has 1 fully saturated rings. The fourth-order valence-electron chi connectivity index (χ4n) is 4.00. The molecule has 159 valence electrons. The molecule has 2 amide bonds. The van der Waals surface area contributed by atoms with Crippen molar-refractivity contribution in [1.82, 2.24) is 25.0 Å². The smallest absolute Gasteiger partial charge is 0.245 e. The molecule has 1 aliphatic rings. The van der Waals surface area contributed by atoms with Gasteiger partial charge >= 0.3 is 0 Å². The number of carbonyl (C=O) groups is 3. The lowest BCUT2D eigenvalue weighted by Gasteiger charge is -2.36. The van der Waals surface area contributed by atoms with Gasteiger partial charge in [-0.25, -0.2) is 9.67 Å². The molecule has 1 aliphatic heterocycles. The summed E-state index contributed by atoms with van der Waals surface area (Å²) in [6, 6.07) is 6.93. The number of amides is 2. The van der Waals surface area contributed by atoms with E-state index in [9.17, 15) is 14.4 Å². The quantitative estimate of drug-likeness (QED) is 0.671. The summed E-state index contributed by atoms with van der Waals surface area (Å²) in [4.78, 5) is 42.9. The molecule has 0 aliphatic carbocycles. The summed E-state index contributed by atoms with van der Waals surface area (Å²) in [5.41, 5.74) is 0.593. The van der Waals surface area contributed by atoms with Gasteiger partial charge in [-0.05, 0) is 42.9 Å². The summed E-state index contributed by atoms with van der Waals surface area (Å²) in [5.74, 6) is -0.246. The van der Waals surface area contributed by atoms with Crippen molar-refractivity contribution in [2.24, 2.45) is 5.92 Å². The Kier molecular flexibility index (Phi) is 6.64. The number of hydrogen-bond acceptors (Lipinski definition) is 5. The Bertz CT molecular complexity index is 896. The van der Waals surface area contributed by atoms with Crippen molar-refractivity contribution in [1.29, 1.82) is 0 Å². The number of aromatic nitrogens is 3. The molecule has 0 unspecified atom stereocenters. The topological polar surface area (TPSA) is 97.2 Å². The van der Waals surface area contributed by atoms with Crippen LogP contribution in [0.15, 0.2) is 36.9 Å². The third-order valence-corrected chi connectivity index (χ3v) is 5.28. The van der Waals surface area contributed by atoms with Gasteiger partial charge in [-0.15, -0.1) is 0 Å². The average Bonchev–Trinajstić information content (AvgIpc) is 3.37. The van der Waals surface area contributed by atoms with Crippen LogP contribution in [0.25, 0.3) is 5.69 Å². The summed E-state index contributed by atoms with van der Waals surface area (Å²) >= 11 is 0. The lowest BCUT2D eigenvalue weighted by Crippen LogP contribution is -2.56. The fraction of sp³-hybridized carbons (Fsp3) is 0.455. The molecule has 8 heteroatoms. The van der Waals surface area contributed by atoms with Crippen LogP contribution in [0.2, 0.25) is 0 Å². The van der Waals surface area contributed by atoms with Gasteiger partial charge in [-0.3, -0.25) is 9.59 Å². The van der Waals surface area contributed by atoms with Crippen molar-refractivity contribution < 1.29 is 14.4 Å². The van der Waals surface area contributed by atoms with Crippen LogP contribution >= 0.6 is 0 Å². The molecular weight excluding hydrogens is 382 g/mol. The minimum absolute atomic E-state index is 0.216. The predicted octanol–water partition coefficient (Wildman–Crippen LogP) is 1.93. The van der Waals surface area contributed by atoms with Crippen LogP contribution in [0.3, 0.4) is 0 Å². The Morgan fingerprint density at radius 2 is 2.13 bits per heavy atom. The Hall–Kier alpha value is -3.03. The van der Waals surface area contributed by atoms with Crippen LogP contribution in [0, 0.1) is 12.3 Å². The molecule has 2 atom stereocenters.